The first-order chi connectivity index (χ1) is 6.54. The van der Waals surface area contributed by atoms with Gasteiger partial charge in [-0.3, -0.25) is 4.79 Å². The third-order valence-electron chi connectivity index (χ3n) is 1.61. The topological polar surface area (TPSA) is 61.1 Å². The Hall–Kier alpha value is -1.96. The molecule has 0 heterocycles. The van der Waals surface area contributed by atoms with Crippen LogP contribution in [0.1, 0.15) is 11.1 Å². The molecule has 1 N–H and O–H groups in total. The van der Waals surface area contributed by atoms with E-state index in [4.69, 9.17) is 10.4 Å². The predicted octanol–water partition coefficient (Wildman–Crippen LogP) is 1.46. The second-order valence-electron chi connectivity index (χ2n) is 2.61. The molecule has 0 unspecified atom stereocenters. The lowest BCUT2D eigenvalue weighted by Gasteiger charge is -2.01. The van der Waals surface area contributed by atoms with E-state index in [-0.39, 0.29) is 11.1 Å². The second kappa shape index (κ2) is 3.83. The predicted molar refractivity (Wildman–Crippen MR) is 42.4 cm³/mol. The molecule has 72 valence electrons. The SMILES string of the molecule is N#Cc1cc(F)c(F)cc1CC(=O)O. The zero-order valence-corrected chi connectivity index (χ0v) is 6.92. The van der Waals surface area contributed by atoms with Crippen LogP contribution in [0.3, 0.4) is 0 Å². The van der Waals surface area contributed by atoms with Crippen molar-refractivity contribution >= 4 is 5.97 Å². The highest BCUT2D eigenvalue weighted by molar-refractivity contribution is 5.71. The van der Waals surface area contributed by atoms with Crippen molar-refractivity contribution in [2.75, 3.05) is 0 Å². The number of halogens is 2. The van der Waals surface area contributed by atoms with Gasteiger partial charge < -0.3 is 5.11 Å². The third kappa shape index (κ3) is 2.04. The van der Waals surface area contributed by atoms with Gasteiger partial charge in [0.15, 0.2) is 11.6 Å². The van der Waals surface area contributed by atoms with Crippen LogP contribution in [0.15, 0.2) is 12.1 Å². The zero-order chi connectivity index (χ0) is 10.7. The van der Waals surface area contributed by atoms with Gasteiger partial charge in [-0.1, -0.05) is 0 Å². The number of hydrogen-bond donors (Lipinski definition) is 1. The Morgan fingerprint density at radius 2 is 2.00 bits per heavy atom. The summed E-state index contributed by atoms with van der Waals surface area (Å²) in [5.41, 5.74) is -0.190. The smallest absolute Gasteiger partial charge is 0.307 e. The molecule has 0 saturated heterocycles. The number of carbonyl (C=O) groups is 1. The molecular formula is C9H5F2NO2. The summed E-state index contributed by atoms with van der Waals surface area (Å²) in [5, 5.41) is 16.9. The average Bonchev–Trinajstić information content (AvgIpc) is 2.10. The molecule has 0 atom stereocenters. The number of nitrogens with zero attached hydrogens (tertiary/aromatic N) is 1. The number of benzene rings is 1. The first-order valence-electron chi connectivity index (χ1n) is 3.64. The van der Waals surface area contributed by atoms with Gasteiger partial charge in [0.2, 0.25) is 0 Å². The molecule has 0 spiro atoms. The maximum Gasteiger partial charge on any atom is 0.307 e. The van der Waals surface area contributed by atoms with Gasteiger partial charge in [-0.2, -0.15) is 5.26 Å². The minimum atomic E-state index is -1.20. The summed E-state index contributed by atoms with van der Waals surface area (Å²) in [4.78, 5) is 10.3. The number of carboxylic acids is 1. The van der Waals surface area contributed by atoms with Gasteiger partial charge in [-0.25, -0.2) is 8.78 Å². The summed E-state index contributed by atoms with van der Waals surface area (Å²) in [7, 11) is 0. The fourth-order valence-electron chi connectivity index (χ4n) is 1.00. The van der Waals surface area contributed by atoms with Gasteiger partial charge in [0.1, 0.15) is 0 Å². The summed E-state index contributed by atoms with van der Waals surface area (Å²) in [6.45, 7) is 0. The molecule has 0 saturated carbocycles. The van der Waals surface area contributed by atoms with Crippen molar-refractivity contribution in [1.29, 1.82) is 5.26 Å². The summed E-state index contributed by atoms with van der Waals surface area (Å²) in [6.07, 6.45) is -0.500. The van der Waals surface area contributed by atoms with Gasteiger partial charge in [0.05, 0.1) is 18.1 Å². The van der Waals surface area contributed by atoms with Crippen LogP contribution >= 0.6 is 0 Å². The van der Waals surface area contributed by atoms with Gasteiger partial charge in [0.25, 0.3) is 0 Å². The Morgan fingerprint density at radius 3 is 2.50 bits per heavy atom. The van der Waals surface area contributed by atoms with Crippen molar-refractivity contribution in [3.05, 3.63) is 34.9 Å². The molecule has 3 nitrogen and oxygen atoms in total. The highest BCUT2D eigenvalue weighted by atomic mass is 19.2. The maximum absolute atomic E-state index is 12.7. The quantitative estimate of drug-likeness (QED) is 0.780. The number of carboxylic acid groups (broad SMARTS) is 1. The monoisotopic (exact) mass is 197 g/mol. The lowest BCUT2D eigenvalue weighted by molar-refractivity contribution is -0.136. The highest BCUT2D eigenvalue weighted by Gasteiger charge is 2.11. The molecule has 0 aliphatic carbocycles. The van der Waals surface area contributed by atoms with Crippen molar-refractivity contribution < 1.29 is 18.7 Å². The van der Waals surface area contributed by atoms with Crippen LogP contribution in [0.5, 0.6) is 0 Å². The van der Waals surface area contributed by atoms with E-state index < -0.39 is 24.0 Å². The Kier molecular flexibility index (Phi) is 2.77. The van der Waals surface area contributed by atoms with E-state index in [1.165, 1.54) is 0 Å². The molecule has 14 heavy (non-hydrogen) atoms. The number of nitriles is 1. The van der Waals surface area contributed by atoms with Crippen LogP contribution in [0.25, 0.3) is 0 Å². The zero-order valence-electron chi connectivity index (χ0n) is 6.92. The van der Waals surface area contributed by atoms with Gasteiger partial charge in [-0.15, -0.1) is 0 Å². The van der Waals surface area contributed by atoms with E-state index in [0.717, 1.165) is 6.07 Å². The summed E-state index contributed by atoms with van der Waals surface area (Å²) < 4.78 is 25.3. The number of rotatable bonds is 2. The molecule has 0 fully saturated rings. The molecule has 0 bridgehead atoms. The normalized spacial score (nSPS) is 9.50. The fraction of sp³-hybridized carbons (Fsp3) is 0.111. The van der Waals surface area contributed by atoms with E-state index in [0.29, 0.717) is 6.07 Å². The van der Waals surface area contributed by atoms with E-state index in [1.54, 1.807) is 6.07 Å². The molecule has 0 aliphatic heterocycles. The number of aliphatic carboxylic acids is 1. The third-order valence-corrected chi connectivity index (χ3v) is 1.61. The molecule has 5 heteroatoms. The lowest BCUT2D eigenvalue weighted by atomic mass is 10.1. The van der Waals surface area contributed by atoms with Crippen LogP contribution in [-0.2, 0) is 11.2 Å². The first kappa shape index (κ1) is 10.1. The van der Waals surface area contributed by atoms with Crippen LogP contribution in [-0.4, -0.2) is 11.1 Å². The standard InChI is InChI=1S/C9H5F2NO2/c10-7-1-5(3-9(13)14)6(4-12)2-8(7)11/h1-2H,3H2,(H,13,14). The molecule has 0 amide bonds. The largest absolute Gasteiger partial charge is 0.481 e. The summed E-state index contributed by atoms with van der Waals surface area (Å²) in [5.74, 6) is -3.51. The van der Waals surface area contributed by atoms with E-state index in [2.05, 4.69) is 0 Å². The van der Waals surface area contributed by atoms with Crippen molar-refractivity contribution in [3.8, 4) is 6.07 Å². The van der Waals surface area contributed by atoms with Crippen molar-refractivity contribution in [2.45, 2.75) is 6.42 Å². The Morgan fingerprint density at radius 1 is 1.43 bits per heavy atom. The first-order valence-corrected chi connectivity index (χ1v) is 3.64. The van der Waals surface area contributed by atoms with E-state index >= 15 is 0 Å². The average molecular weight is 197 g/mol. The molecule has 0 radical (unpaired) electrons. The summed E-state index contributed by atoms with van der Waals surface area (Å²) >= 11 is 0. The van der Waals surface area contributed by atoms with Crippen molar-refractivity contribution in [1.82, 2.24) is 0 Å². The van der Waals surface area contributed by atoms with Gasteiger partial charge in [-0.05, 0) is 17.7 Å². The Labute approximate surface area is 78.2 Å². The molecule has 0 aliphatic rings. The molecular weight excluding hydrogens is 192 g/mol. The minimum Gasteiger partial charge on any atom is -0.481 e. The van der Waals surface area contributed by atoms with Gasteiger partial charge in [0, 0.05) is 0 Å². The van der Waals surface area contributed by atoms with Crippen LogP contribution < -0.4 is 0 Å². The van der Waals surface area contributed by atoms with Crippen molar-refractivity contribution in [2.24, 2.45) is 0 Å². The molecule has 1 aromatic carbocycles. The second-order valence-corrected chi connectivity index (χ2v) is 2.61. The lowest BCUT2D eigenvalue weighted by Crippen LogP contribution is -2.03. The summed E-state index contributed by atoms with van der Waals surface area (Å²) in [6, 6.07) is 3.01. The number of hydrogen-bond acceptors (Lipinski definition) is 2. The van der Waals surface area contributed by atoms with E-state index in [9.17, 15) is 13.6 Å². The van der Waals surface area contributed by atoms with Crippen LogP contribution in [0.2, 0.25) is 0 Å². The molecule has 1 rings (SSSR count). The Balaban J connectivity index is 3.22. The fourth-order valence-corrected chi connectivity index (χ4v) is 1.00. The molecule has 1 aromatic rings. The molecule has 0 aromatic heterocycles. The van der Waals surface area contributed by atoms with Crippen LogP contribution in [0.4, 0.5) is 8.78 Å². The van der Waals surface area contributed by atoms with Gasteiger partial charge >= 0.3 is 5.97 Å². The highest BCUT2D eigenvalue weighted by Crippen LogP contribution is 2.14. The Bertz CT molecular complexity index is 424. The van der Waals surface area contributed by atoms with Crippen molar-refractivity contribution in [3.63, 3.8) is 0 Å². The maximum atomic E-state index is 12.7. The minimum absolute atomic E-state index is 0.0288. The van der Waals surface area contributed by atoms with Crippen LogP contribution in [0, 0.1) is 23.0 Å². The van der Waals surface area contributed by atoms with E-state index in [1.807, 2.05) is 0 Å².